The van der Waals surface area contributed by atoms with Crippen LogP contribution in [0.1, 0.15) is 48.5 Å². The van der Waals surface area contributed by atoms with Gasteiger partial charge in [-0.3, -0.25) is 19.5 Å². The topological polar surface area (TPSA) is 71.5 Å². The van der Waals surface area contributed by atoms with Gasteiger partial charge in [0.15, 0.2) is 0 Å². The Bertz CT molecular complexity index is 962. The quantitative estimate of drug-likeness (QED) is 0.809. The maximum Gasteiger partial charge on any atom is 0.259 e. The number of hydrogen-bond acceptors (Lipinski definition) is 4. The van der Waals surface area contributed by atoms with Crippen molar-refractivity contribution in [3.63, 3.8) is 0 Å². The van der Waals surface area contributed by atoms with Crippen LogP contribution >= 0.6 is 0 Å². The van der Waals surface area contributed by atoms with Crippen molar-refractivity contribution in [2.75, 3.05) is 6.61 Å². The minimum atomic E-state index is -0.958. The molecule has 6 nitrogen and oxygen atoms in total. The molecule has 2 aromatic rings. The summed E-state index contributed by atoms with van der Waals surface area (Å²) in [5, 5.41) is 2.83. The van der Waals surface area contributed by atoms with Crippen molar-refractivity contribution in [2.24, 2.45) is 5.92 Å². The molecule has 2 amide bonds. The van der Waals surface area contributed by atoms with Crippen LogP contribution < -0.4 is 5.32 Å². The van der Waals surface area contributed by atoms with Gasteiger partial charge in [0.1, 0.15) is 23.4 Å². The number of nitrogens with one attached hydrogen (secondary N) is 1. The zero-order valence-corrected chi connectivity index (χ0v) is 17.3. The van der Waals surface area contributed by atoms with Gasteiger partial charge in [0.25, 0.3) is 5.91 Å². The number of hydrogen-bond donors (Lipinski definition) is 1. The van der Waals surface area contributed by atoms with Crippen LogP contribution in [-0.2, 0) is 16.1 Å². The van der Waals surface area contributed by atoms with Gasteiger partial charge in [-0.05, 0) is 55.4 Å². The van der Waals surface area contributed by atoms with Crippen LogP contribution in [0.15, 0.2) is 42.7 Å². The summed E-state index contributed by atoms with van der Waals surface area (Å²) in [6, 6.07) is 5.54. The lowest BCUT2D eigenvalue weighted by atomic mass is 9.83. The van der Waals surface area contributed by atoms with E-state index in [4.69, 9.17) is 4.74 Å². The third-order valence-corrected chi connectivity index (χ3v) is 6.19. The molecule has 8 heteroatoms. The zero-order chi connectivity index (χ0) is 22.0. The Kier molecular flexibility index (Phi) is 6.00. The molecule has 2 fully saturated rings. The zero-order valence-electron chi connectivity index (χ0n) is 17.3. The van der Waals surface area contributed by atoms with Gasteiger partial charge in [-0.1, -0.05) is 13.0 Å². The van der Waals surface area contributed by atoms with Crippen molar-refractivity contribution in [1.29, 1.82) is 0 Å². The number of pyridine rings is 1. The Hall–Kier alpha value is -2.87. The van der Waals surface area contributed by atoms with Crippen molar-refractivity contribution < 1.29 is 23.1 Å². The highest BCUT2D eigenvalue weighted by Gasteiger charge is 2.53. The normalized spacial score (nSPS) is 25.6. The van der Waals surface area contributed by atoms with E-state index in [2.05, 4.69) is 17.2 Å². The second-order valence-corrected chi connectivity index (χ2v) is 8.33. The molecule has 1 aromatic heterocycles. The van der Waals surface area contributed by atoms with E-state index in [1.54, 1.807) is 18.5 Å². The average Bonchev–Trinajstić information content (AvgIpc) is 3.13. The molecule has 164 valence electrons. The fourth-order valence-electron chi connectivity index (χ4n) is 4.38. The number of nitrogens with zero attached hydrogens (tertiary/aromatic N) is 2. The molecule has 2 aliphatic rings. The minimum absolute atomic E-state index is 0.0296. The third kappa shape index (κ3) is 4.30. The lowest BCUT2D eigenvalue weighted by Gasteiger charge is -2.43. The van der Waals surface area contributed by atoms with Crippen molar-refractivity contribution in [1.82, 2.24) is 15.2 Å². The van der Waals surface area contributed by atoms with E-state index in [0.29, 0.717) is 24.8 Å². The number of carbonyl (C=O) groups excluding carboxylic acids is 2. The van der Waals surface area contributed by atoms with Gasteiger partial charge < -0.3 is 10.1 Å². The van der Waals surface area contributed by atoms with Gasteiger partial charge in [0, 0.05) is 25.0 Å². The summed E-state index contributed by atoms with van der Waals surface area (Å²) in [6.45, 7) is 2.41. The van der Waals surface area contributed by atoms with Crippen LogP contribution in [0.2, 0.25) is 0 Å². The van der Waals surface area contributed by atoms with E-state index in [1.807, 2.05) is 6.07 Å². The van der Waals surface area contributed by atoms with E-state index >= 15 is 0 Å². The van der Waals surface area contributed by atoms with Gasteiger partial charge in [-0.2, -0.15) is 0 Å². The highest BCUT2D eigenvalue weighted by Crippen LogP contribution is 2.43. The van der Waals surface area contributed by atoms with Gasteiger partial charge in [0.2, 0.25) is 5.91 Å². The molecule has 0 bridgehead atoms. The van der Waals surface area contributed by atoms with Crippen LogP contribution in [0.3, 0.4) is 0 Å². The number of halogens is 2. The average molecular weight is 429 g/mol. The molecule has 2 heterocycles. The summed E-state index contributed by atoms with van der Waals surface area (Å²) in [6.07, 6.45) is 6.08. The Morgan fingerprint density at radius 2 is 2.03 bits per heavy atom. The summed E-state index contributed by atoms with van der Waals surface area (Å²) >= 11 is 0. The van der Waals surface area contributed by atoms with Crippen LogP contribution in [0.4, 0.5) is 8.78 Å². The van der Waals surface area contributed by atoms with Crippen molar-refractivity contribution in [3.8, 4) is 0 Å². The summed E-state index contributed by atoms with van der Waals surface area (Å²) in [4.78, 5) is 31.9. The molecule has 1 aromatic carbocycles. The maximum absolute atomic E-state index is 14.4. The first kappa shape index (κ1) is 21.4. The largest absolute Gasteiger partial charge is 0.353 e. The molecule has 1 spiro atoms. The van der Waals surface area contributed by atoms with Crippen molar-refractivity contribution >= 4 is 11.8 Å². The predicted molar refractivity (Wildman–Crippen MR) is 109 cm³/mol. The van der Waals surface area contributed by atoms with Crippen molar-refractivity contribution in [3.05, 3.63) is 65.5 Å². The number of ether oxygens (including phenoxy) is 1. The first-order valence-electron chi connectivity index (χ1n) is 10.5. The van der Waals surface area contributed by atoms with Crippen molar-refractivity contribution in [2.45, 2.75) is 50.9 Å². The highest BCUT2D eigenvalue weighted by molar-refractivity contribution is 5.98. The number of rotatable bonds is 4. The second kappa shape index (κ2) is 8.70. The molecule has 0 unspecified atom stereocenters. The van der Waals surface area contributed by atoms with Crippen LogP contribution in [0.25, 0.3) is 0 Å². The van der Waals surface area contributed by atoms with Crippen LogP contribution in [0.5, 0.6) is 0 Å². The number of carbonyl (C=O) groups is 2. The van der Waals surface area contributed by atoms with Crippen LogP contribution in [-0.4, -0.2) is 40.1 Å². The smallest absolute Gasteiger partial charge is 0.259 e. The Morgan fingerprint density at radius 3 is 2.71 bits per heavy atom. The van der Waals surface area contributed by atoms with E-state index in [-0.39, 0.29) is 24.6 Å². The highest BCUT2D eigenvalue weighted by atomic mass is 19.1. The van der Waals surface area contributed by atoms with Gasteiger partial charge in [-0.15, -0.1) is 0 Å². The Balaban J connectivity index is 1.61. The van der Waals surface area contributed by atoms with E-state index in [1.165, 1.54) is 4.90 Å². The van der Waals surface area contributed by atoms with Gasteiger partial charge in [-0.25, -0.2) is 8.78 Å². The maximum atomic E-state index is 14.4. The first-order chi connectivity index (χ1) is 14.9. The summed E-state index contributed by atoms with van der Waals surface area (Å²) < 4.78 is 33.9. The van der Waals surface area contributed by atoms with E-state index in [9.17, 15) is 18.4 Å². The minimum Gasteiger partial charge on any atom is -0.353 e. The lowest BCUT2D eigenvalue weighted by molar-refractivity contribution is -0.128. The fraction of sp³-hybridized carbons (Fsp3) is 0.435. The first-order valence-corrected chi connectivity index (χ1v) is 10.5. The SMILES string of the molecule is CC1CCC2(CC1)OC[C@H](C(=O)NCc1cccnc1)N2C(=O)c1ccc(F)cc1F. The van der Waals surface area contributed by atoms with Gasteiger partial charge in [0.05, 0.1) is 12.2 Å². The Morgan fingerprint density at radius 1 is 1.26 bits per heavy atom. The predicted octanol–water partition coefficient (Wildman–Crippen LogP) is 3.42. The van der Waals surface area contributed by atoms with E-state index in [0.717, 1.165) is 30.5 Å². The summed E-state index contributed by atoms with van der Waals surface area (Å²) in [5.74, 6) is -2.28. The summed E-state index contributed by atoms with van der Waals surface area (Å²) in [7, 11) is 0. The van der Waals surface area contributed by atoms with Gasteiger partial charge >= 0.3 is 0 Å². The third-order valence-electron chi connectivity index (χ3n) is 6.19. The molecule has 0 radical (unpaired) electrons. The fourth-order valence-corrected chi connectivity index (χ4v) is 4.38. The molecule has 1 N–H and O–H groups in total. The molecule has 1 atom stereocenters. The standard InChI is InChI=1S/C23H25F2N3O3/c1-15-6-8-23(9-7-15)28(22(30)18-5-4-17(24)11-19(18)25)20(14-31-23)21(29)27-13-16-3-2-10-26-12-16/h2-5,10-12,15,20H,6-9,13-14H2,1H3,(H,27,29)/t15?,20-,23?/m1/s1. The molecular formula is C23H25F2N3O3. The molecule has 31 heavy (non-hydrogen) atoms. The molecule has 4 rings (SSSR count). The van der Waals surface area contributed by atoms with E-state index < -0.39 is 29.3 Å². The number of benzene rings is 1. The molecule has 1 aliphatic heterocycles. The second-order valence-electron chi connectivity index (χ2n) is 8.33. The monoisotopic (exact) mass is 429 g/mol. The molecule has 1 saturated heterocycles. The number of amides is 2. The molecular weight excluding hydrogens is 404 g/mol. The number of aromatic nitrogens is 1. The van der Waals surface area contributed by atoms with Crippen LogP contribution in [0, 0.1) is 17.6 Å². The lowest BCUT2D eigenvalue weighted by Crippen LogP contribution is -2.56. The molecule has 1 saturated carbocycles. The molecule has 1 aliphatic carbocycles. The summed E-state index contributed by atoms with van der Waals surface area (Å²) in [5.41, 5.74) is -0.408. The Labute approximate surface area is 179 Å².